The molecule has 1 saturated carbocycles. The molecule has 4 heteroatoms. The summed E-state index contributed by atoms with van der Waals surface area (Å²) in [5, 5.41) is 9.72. The van der Waals surface area contributed by atoms with Gasteiger partial charge in [-0.2, -0.15) is 0 Å². The molecule has 2 aliphatic rings. The zero-order chi connectivity index (χ0) is 11.3. The molecule has 1 fully saturated rings. The quantitative estimate of drug-likeness (QED) is 0.835. The van der Waals surface area contributed by atoms with Gasteiger partial charge in [0.15, 0.2) is 0 Å². The van der Waals surface area contributed by atoms with Crippen LogP contribution in [0.4, 0.5) is 8.78 Å². The highest BCUT2D eigenvalue weighted by Gasteiger charge is 2.42. The topological polar surface area (TPSA) is 29.5 Å². The van der Waals surface area contributed by atoms with E-state index in [0.717, 1.165) is 0 Å². The van der Waals surface area contributed by atoms with E-state index in [9.17, 15) is 13.9 Å². The Labute approximate surface area is 91.8 Å². The molecule has 16 heavy (non-hydrogen) atoms. The lowest BCUT2D eigenvalue weighted by Gasteiger charge is -2.12. The second-order valence-electron chi connectivity index (χ2n) is 4.63. The van der Waals surface area contributed by atoms with E-state index in [0.29, 0.717) is 37.2 Å². The zero-order valence-electron chi connectivity index (χ0n) is 8.72. The molecule has 1 aliphatic heterocycles. The first-order chi connectivity index (χ1) is 7.59. The number of benzene rings is 1. The number of ether oxygens (including phenoxy) is 1. The molecule has 0 spiro atoms. The van der Waals surface area contributed by atoms with Gasteiger partial charge in [-0.3, -0.25) is 0 Å². The van der Waals surface area contributed by atoms with Gasteiger partial charge in [-0.15, -0.1) is 0 Å². The largest absolute Gasteiger partial charge is 0.493 e. The third-order valence-corrected chi connectivity index (χ3v) is 3.32. The van der Waals surface area contributed by atoms with Gasteiger partial charge in [-0.25, -0.2) is 8.78 Å². The lowest BCUT2D eigenvalue weighted by atomic mass is 10.0. The first kappa shape index (κ1) is 10.0. The highest BCUT2D eigenvalue weighted by Crippen LogP contribution is 2.41. The number of fused-ring (bicyclic) bond motifs is 1. The predicted molar refractivity (Wildman–Crippen MR) is 53.4 cm³/mol. The molecular formula is C12H12F2O2. The van der Waals surface area contributed by atoms with Crippen LogP contribution in [0.15, 0.2) is 6.07 Å². The molecule has 0 amide bonds. The van der Waals surface area contributed by atoms with E-state index in [-0.39, 0.29) is 12.0 Å². The van der Waals surface area contributed by atoms with Crippen molar-refractivity contribution in [3.63, 3.8) is 0 Å². The minimum absolute atomic E-state index is 0.00394. The van der Waals surface area contributed by atoms with Gasteiger partial charge < -0.3 is 9.84 Å². The Morgan fingerprint density at radius 1 is 1.38 bits per heavy atom. The summed E-state index contributed by atoms with van der Waals surface area (Å²) in [5.41, 5.74) is -0.431. The average Bonchev–Trinajstić information content (AvgIpc) is 2.77. The highest BCUT2D eigenvalue weighted by molar-refractivity contribution is 5.43. The van der Waals surface area contributed by atoms with E-state index >= 15 is 0 Å². The van der Waals surface area contributed by atoms with E-state index in [1.165, 1.54) is 6.07 Å². The average molecular weight is 226 g/mol. The van der Waals surface area contributed by atoms with E-state index in [4.69, 9.17) is 4.74 Å². The van der Waals surface area contributed by atoms with Gasteiger partial charge in [0.05, 0.1) is 12.2 Å². The van der Waals surface area contributed by atoms with Gasteiger partial charge in [0.1, 0.15) is 17.4 Å². The summed E-state index contributed by atoms with van der Waals surface area (Å²) in [6, 6.07) is 1.23. The number of hydrogen-bond acceptors (Lipinski definition) is 2. The summed E-state index contributed by atoms with van der Waals surface area (Å²) >= 11 is 0. The Morgan fingerprint density at radius 3 is 2.81 bits per heavy atom. The van der Waals surface area contributed by atoms with Gasteiger partial charge in [0.2, 0.25) is 0 Å². The van der Waals surface area contributed by atoms with Gasteiger partial charge in [-0.05, 0) is 12.8 Å². The molecule has 1 aliphatic carbocycles. The smallest absolute Gasteiger partial charge is 0.136 e. The van der Waals surface area contributed by atoms with Crippen LogP contribution in [0.3, 0.4) is 0 Å². The maximum Gasteiger partial charge on any atom is 0.136 e. The van der Waals surface area contributed by atoms with Crippen LogP contribution >= 0.6 is 0 Å². The summed E-state index contributed by atoms with van der Waals surface area (Å²) in [6.45, 7) is 0.402. The Hall–Kier alpha value is -1.16. The number of rotatable bonds is 2. The molecule has 2 nitrogen and oxygen atoms in total. The lowest BCUT2D eigenvalue weighted by molar-refractivity contribution is 0.148. The van der Waals surface area contributed by atoms with Crippen LogP contribution in [-0.4, -0.2) is 17.3 Å². The summed E-state index contributed by atoms with van der Waals surface area (Å²) < 4.78 is 32.7. The summed E-state index contributed by atoms with van der Waals surface area (Å²) in [7, 11) is 0. The van der Waals surface area contributed by atoms with Crippen molar-refractivity contribution in [2.45, 2.75) is 31.3 Å². The van der Waals surface area contributed by atoms with Crippen LogP contribution in [0.2, 0.25) is 0 Å². The second kappa shape index (κ2) is 3.17. The van der Waals surface area contributed by atoms with Gasteiger partial charge in [0, 0.05) is 30.0 Å². The number of halogens is 2. The molecule has 0 radical (unpaired) electrons. The molecule has 86 valence electrons. The van der Waals surface area contributed by atoms with Gasteiger partial charge >= 0.3 is 0 Å². The summed E-state index contributed by atoms with van der Waals surface area (Å²) in [5.74, 6) is -0.840. The maximum atomic E-state index is 14.0. The van der Waals surface area contributed by atoms with Gasteiger partial charge in [0.25, 0.3) is 0 Å². The molecular weight excluding hydrogens is 214 g/mol. The van der Waals surface area contributed by atoms with E-state index in [1.54, 1.807) is 0 Å². The monoisotopic (exact) mass is 226 g/mol. The normalized spacial score (nSPS) is 20.4. The minimum atomic E-state index is -0.880. The third kappa shape index (κ3) is 1.48. The fourth-order valence-electron chi connectivity index (χ4n) is 2.12. The molecule has 0 unspecified atom stereocenters. The Kier molecular flexibility index (Phi) is 1.98. The van der Waals surface area contributed by atoms with Crippen LogP contribution in [0, 0.1) is 11.6 Å². The maximum absolute atomic E-state index is 14.0. The molecule has 1 heterocycles. The van der Waals surface area contributed by atoms with Crippen molar-refractivity contribution in [2.75, 3.05) is 6.61 Å². The Balaban J connectivity index is 2.03. The van der Waals surface area contributed by atoms with Crippen LogP contribution in [0.1, 0.15) is 24.0 Å². The standard InChI is InChI=1S/C12H12F2O2/c13-9-5-10-7(1-4-16-10)11(14)8(9)6-12(15)2-3-12/h5,15H,1-4,6H2. The summed E-state index contributed by atoms with van der Waals surface area (Å²) in [6.07, 6.45) is 1.80. The van der Waals surface area contributed by atoms with Crippen LogP contribution in [-0.2, 0) is 12.8 Å². The fourth-order valence-corrected chi connectivity index (χ4v) is 2.12. The summed E-state index contributed by atoms with van der Waals surface area (Å²) in [4.78, 5) is 0. The SMILES string of the molecule is OC1(Cc2c(F)cc3c(c2F)CCO3)CC1. The molecule has 0 bridgehead atoms. The van der Waals surface area contributed by atoms with Crippen LogP contribution in [0.5, 0.6) is 5.75 Å². The number of hydrogen-bond donors (Lipinski definition) is 1. The minimum Gasteiger partial charge on any atom is -0.493 e. The van der Waals surface area contributed by atoms with Crippen LogP contribution in [0.25, 0.3) is 0 Å². The van der Waals surface area contributed by atoms with Crippen molar-refractivity contribution in [3.8, 4) is 5.75 Å². The van der Waals surface area contributed by atoms with Crippen molar-refractivity contribution in [1.82, 2.24) is 0 Å². The third-order valence-electron chi connectivity index (χ3n) is 3.32. The first-order valence-electron chi connectivity index (χ1n) is 5.44. The van der Waals surface area contributed by atoms with Crippen molar-refractivity contribution >= 4 is 0 Å². The van der Waals surface area contributed by atoms with Crippen molar-refractivity contribution < 1.29 is 18.6 Å². The zero-order valence-corrected chi connectivity index (χ0v) is 8.72. The predicted octanol–water partition coefficient (Wildman–Crippen LogP) is 1.97. The van der Waals surface area contributed by atoms with E-state index in [2.05, 4.69) is 0 Å². The van der Waals surface area contributed by atoms with E-state index < -0.39 is 17.2 Å². The van der Waals surface area contributed by atoms with Crippen molar-refractivity contribution in [2.24, 2.45) is 0 Å². The molecule has 0 atom stereocenters. The van der Waals surface area contributed by atoms with E-state index in [1.807, 2.05) is 0 Å². The fraction of sp³-hybridized carbons (Fsp3) is 0.500. The lowest BCUT2D eigenvalue weighted by Crippen LogP contribution is -2.14. The van der Waals surface area contributed by atoms with Crippen molar-refractivity contribution in [1.29, 1.82) is 0 Å². The Morgan fingerprint density at radius 2 is 2.12 bits per heavy atom. The highest BCUT2D eigenvalue weighted by atomic mass is 19.1. The molecule has 3 rings (SSSR count). The van der Waals surface area contributed by atoms with Crippen molar-refractivity contribution in [3.05, 3.63) is 28.8 Å². The molecule has 1 aromatic rings. The second-order valence-corrected chi connectivity index (χ2v) is 4.63. The molecule has 1 aromatic carbocycles. The molecule has 1 N–H and O–H groups in total. The number of aliphatic hydroxyl groups is 1. The molecule has 0 aromatic heterocycles. The first-order valence-corrected chi connectivity index (χ1v) is 5.44. The van der Waals surface area contributed by atoms with Crippen LogP contribution < -0.4 is 4.74 Å². The van der Waals surface area contributed by atoms with Gasteiger partial charge in [-0.1, -0.05) is 0 Å². The molecule has 0 saturated heterocycles. The Bertz CT molecular complexity index is 453.